The molecule has 3 rings (SSSR count). The van der Waals surface area contributed by atoms with E-state index < -0.39 is 0 Å². The molecule has 0 fully saturated rings. The monoisotopic (exact) mass is 518 g/mol. The fourth-order valence-electron chi connectivity index (χ4n) is 3.18. The van der Waals surface area contributed by atoms with Gasteiger partial charge in [0.15, 0.2) is 0 Å². The highest BCUT2D eigenvalue weighted by molar-refractivity contribution is 14.1. The summed E-state index contributed by atoms with van der Waals surface area (Å²) in [6, 6.07) is 16.2. The molecule has 2 nitrogen and oxygen atoms in total. The molecule has 0 aliphatic carbocycles. The van der Waals surface area contributed by atoms with Crippen LogP contribution in [0.1, 0.15) is 31.9 Å². The zero-order valence-corrected chi connectivity index (χ0v) is 17.1. The lowest BCUT2D eigenvalue weighted by molar-refractivity contribution is 0.400. The van der Waals surface area contributed by atoms with Crippen LogP contribution < -0.4 is 10.6 Å². The summed E-state index contributed by atoms with van der Waals surface area (Å²) in [6.45, 7) is 4.60. The van der Waals surface area contributed by atoms with E-state index in [0.717, 1.165) is 6.42 Å². The van der Waals surface area contributed by atoms with Crippen molar-refractivity contribution in [3.63, 3.8) is 0 Å². The van der Waals surface area contributed by atoms with Crippen LogP contribution in [0.2, 0.25) is 0 Å². The summed E-state index contributed by atoms with van der Waals surface area (Å²) in [5.74, 6) is 0.537. The predicted octanol–water partition coefficient (Wildman–Crippen LogP) is 5.89. The van der Waals surface area contributed by atoms with Crippen LogP contribution in [0.3, 0.4) is 0 Å². The highest BCUT2D eigenvalue weighted by atomic mass is 127. The highest BCUT2D eigenvalue weighted by Gasteiger charge is 2.32. The van der Waals surface area contributed by atoms with Crippen LogP contribution >= 0.6 is 45.2 Å². The summed E-state index contributed by atoms with van der Waals surface area (Å²) in [7, 11) is 0. The third-order valence-electron chi connectivity index (χ3n) is 4.46. The molecule has 3 atom stereocenters. The second-order valence-corrected chi connectivity index (χ2v) is 8.37. The van der Waals surface area contributed by atoms with Crippen molar-refractivity contribution in [3.05, 3.63) is 55.2 Å². The summed E-state index contributed by atoms with van der Waals surface area (Å²) in [4.78, 5) is 0. The van der Waals surface area contributed by atoms with Gasteiger partial charge in [-0.05, 0) is 99.6 Å². The Labute approximate surface area is 159 Å². The van der Waals surface area contributed by atoms with Crippen LogP contribution in [0.15, 0.2) is 42.5 Å². The Bertz CT molecular complexity index is 655. The van der Waals surface area contributed by atoms with Crippen molar-refractivity contribution in [3.8, 4) is 0 Å². The number of fused-ring (bicyclic) bond motifs is 1. The van der Waals surface area contributed by atoms with Gasteiger partial charge in [0.05, 0.1) is 6.04 Å². The normalized spacial score (nSPS) is 23.5. The molecule has 22 heavy (non-hydrogen) atoms. The van der Waals surface area contributed by atoms with E-state index in [1.54, 1.807) is 0 Å². The van der Waals surface area contributed by atoms with Gasteiger partial charge in [0.25, 0.3) is 0 Å². The maximum Gasteiger partial charge on any atom is 0.0579 e. The lowest BCUT2D eigenvalue weighted by Gasteiger charge is -2.39. The summed E-state index contributed by atoms with van der Waals surface area (Å²) in [6.07, 6.45) is 1.14. The van der Waals surface area contributed by atoms with E-state index in [1.165, 1.54) is 24.1 Å². The molecule has 2 aromatic carbocycles. The molecule has 0 amide bonds. The first-order valence-corrected chi connectivity index (χ1v) is 9.82. The van der Waals surface area contributed by atoms with Gasteiger partial charge >= 0.3 is 0 Å². The van der Waals surface area contributed by atoms with Crippen molar-refractivity contribution in [2.24, 2.45) is 5.92 Å². The first kappa shape index (κ1) is 16.4. The van der Waals surface area contributed by atoms with Gasteiger partial charge < -0.3 is 10.6 Å². The molecule has 1 aliphatic rings. The number of anilines is 2. The van der Waals surface area contributed by atoms with Crippen molar-refractivity contribution >= 4 is 56.6 Å². The zero-order chi connectivity index (χ0) is 15.7. The highest BCUT2D eigenvalue weighted by Crippen LogP contribution is 2.40. The van der Waals surface area contributed by atoms with E-state index in [0.29, 0.717) is 18.0 Å². The summed E-state index contributed by atoms with van der Waals surface area (Å²) >= 11 is 4.74. The smallest absolute Gasteiger partial charge is 0.0579 e. The van der Waals surface area contributed by atoms with Gasteiger partial charge in [-0.25, -0.2) is 0 Å². The van der Waals surface area contributed by atoms with Crippen LogP contribution in [0.5, 0.6) is 0 Å². The van der Waals surface area contributed by atoms with Crippen molar-refractivity contribution in [1.29, 1.82) is 0 Å². The molecule has 0 unspecified atom stereocenters. The molecule has 2 N–H and O–H groups in total. The molecule has 4 heteroatoms. The molecule has 0 saturated carbocycles. The Morgan fingerprint density at radius 2 is 1.73 bits per heavy atom. The molecule has 1 heterocycles. The molecule has 1 aliphatic heterocycles. The molecule has 0 radical (unpaired) electrons. The maximum atomic E-state index is 3.76. The maximum absolute atomic E-state index is 3.76. The van der Waals surface area contributed by atoms with Crippen LogP contribution in [-0.2, 0) is 0 Å². The largest absolute Gasteiger partial charge is 0.382 e. The lowest BCUT2D eigenvalue weighted by atomic mass is 9.82. The van der Waals surface area contributed by atoms with Crippen molar-refractivity contribution < 1.29 is 0 Å². The second kappa shape index (κ2) is 6.95. The van der Waals surface area contributed by atoms with Gasteiger partial charge in [-0.3, -0.25) is 0 Å². The first-order valence-electron chi connectivity index (χ1n) is 7.66. The molecule has 0 aromatic heterocycles. The quantitative estimate of drug-likeness (QED) is 0.496. The third-order valence-corrected chi connectivity index (χ3v) is 5.85. The van der Waals surface area contributed by atoms with E-state index in [2.05, 4.69) is 112 Å². The van der Waals surface area contributed by atoms with Gasteiger partial charge in [0.2, 0.25) is 0 Å². The van der Waals surface area contributed by atoms with E-state index in [9.17, 15) is 0 Å². The van der Waals surface area contributed by atoms with Gasteiger partial charge in [0, 0.05) is 30.5 Å². The van der Waals surface area contributed by atoms with Gasteiger partial charge in [0.1, 0.15) is 0 Å². The molecular formula is C18H20I2N2. The zero-order valence-electron chi connectivity index (χ0n) is 12.7. The molecule has 0 saturated heterocycles. The van der Waals surface area contributed by atoms with Crippen LogP contribution in [-0.4, -0.2) is 6.04 Å². The third kappa shape index (κ3) is 3.37. The Hall–Kier alpha value is -0.500. The topological polar surface area (TPSA) is 24.1 Å². The van der Waals surface area contributed by atoms with Crippen molar-refractivity contribution in [2.75, 3.05) is 10.6 Å². The summed E-state index contributed by atoms with van der Waals surface area (Å²) < 4.78 is 2.55. The van der Waals surface area contributed by atoms with E-state index in [-0.39, 0.29) is 0 Å². The van der Waals surface area contributed by atoms with Crippen molar-refractivity contribution in [1.82, 2.24) is 0 Å². The van der Waals surface area contributed by atoms with Crippen LogP contribution in [0.4, 0.5) is 11.4 Å². The molecular weight excluding hydrogens is 498 g/mol. The average Bonchev–Trinajstić information content (AvgIpc) is 2.52. The van der Waals surface area contributed by atoms with Crippen LogP contribution in [0, 0.1) is 13.1 Å². The lowest BCUT2D eigenvalue weighted by Crippen LogP contribution is -2.38. The van der Waals surface area contributed by atoms with Gasteiger partial charge in [-0.1, -0.05) is 13.8 Å². The number of hydrogen-bond acceptors (Lipinski definition) is 2. The number of benzene rings is 2. The van der Waals surface area contributed by atoms with Gasteiger partial charge in [-0.2, -0.15) is 0 Å². The van der Waals surface area contributed by atoms with Crippen molar-refractivity contribution in [2.45, 2.75) is 32.4 Å². The van der Waals surface area contributed by atoms with E-state index in [1.807, 2.05) is 0 Å². The number of halogens is 2. The predicted molar refractivity (Wildman–Crippen MR) is 112 cm³/mol. The Kier molecular flexibility index (Phi) is 5.17. The van der Waals surface area contributed by atoms with Gasteiger partial charge in [-0.15, -0.1) is 0 Å². The Morgan fingerprint density at radius 1 is 1.05 bits per heavy atom. The number of nitrogens with one attached hydrogen (secondary N) is 2. The van der Waals surface area contributed by atoms with E-state index in [4.69, 9.17) is 0 Å². The minimum Gasteiger partial charge on any atom is -0.382 e. The summed E-state index contributed by atoms with van der Waals surface area (Å²) in [5, 5.41) is 7.46. The molecule has 0 spiro atoms. The number of hydrogen-bond donors (Lipinski definition) is 2. The molecule has 0 bridgehead atoms. The fraction of sp³-hybridized carbons (Fsp3) is 0.333. The minimum atomic E-state index is 0.343. The molecule has 2 aromatic rings. The van der Waals surface area contributed by atoms with Crippen LogP contribution in [0.25, 0.3) is 0 Å². The Balaban J connectivity index is 1.96. The molecule has 116 valence electrons. The SMILES string of the molecule is CC[C@@H]1Nc2ccc(I)cc2[C@@H](Nc2ccc(I)cc2)[C@@H]1C. The first-order chi connectivity index (χ1) is 10.6. The standard InChI is InChI=1S/C18H20I2N2/c1-3-16-11(2)18(21-14-7-4-12(19)5-8-14)15-10-13(20)6-9-17(15)22-16/h4-11,16,18,21-22H,3H2,1-2H3/t11-,16+,18+/m1/s1. The minimum absolute atomic E-state index is 0.343. The summed E-state index contributed by atoms with van der Waals surface area (Å²) in [5.41, 5.74) is 3.84. The Morgan fingerprint density at radius 3 is 2.41 bits per heavy atom. The number of rotatable bonds is 3. The fourth-order valence-corrected chi connectivity index (χ4v) is 4.05. The average molecular weight is 518 g/mol. The van der Waals surface area contributed by atoms with E-state index >= 15 is 0 Å². The second-order valence-electron chi connectivity index (χ2n) is 5.88.